The molecule has 2 atom stereocenters. The summed E-state index contributed by atoms with van der Waals surface area (Å²) in [6.45, 7) is 2.58. The van der Waals surface area contributed by atoms with Crippen LogP contribution in [0.25, 0.3) is 0 Å². The van der Waals surface area contributed by atoms with Crippen LogP contribution in [0.3, 0.4) is 0 Å². The fourth-order valence-corrected chi connectivity index (χ4v) is 6.06. The minimum Gasteiger partial charge on any atom is -0.315 e. The monoisotopic (exact) mass is 343 g/mol. The molecule has 2 fully saturated rings. The Labute approximate surface area is 147 Å². The number of hydrogen-bond donors (Lipinski definition) is 1. The predicted octanol–water partition coefficient (Wildman–Crippen LogP) is 3.56. The van der Waals surface area contributed by atoms with E-state index in [1.165, 1.54) is 42.5 Å². The molecule has 1 aliphatic heterocycles. The zero-order valence-electron chi connectivity index (χ0n) is 14.1. The van der Waals surface area contributed by atoms with Crippen molar-refractivity contribution >= 4 is 22.2 Å². The molecule has 1 saturated carbocycles. The largest absolute Gasteiger partial charge is 0.315 e. The highest BCUT2D eigenvalue weighted by atomic mass is 32.1. The van der Waals surface area contributed by atoms with Gasteiger partial charge in [-0.2, -0.15) is 5.26 Å². The van der Waals surface area contributed by atoms with E-state index in [1.807, 2.05) is 0 Å². The van der Waals surface area contributed by atoms with Gasteiger partial charge in [0.25, 0.3) is 0 Å². The quantitative estimate of drug-likeness (QED) is 0.913. The molecule has 4 nitrogen and oxygen atoms in total. The second-order valence-electron chi connectivity index (χ2n) is 7.55. The van der Waals surface area contributed by atoms with Crippen LogP contribution >= 0.6 is 11.3 Å². The summed E-state index contributed by atoms with van der Waals surface area (Å²) in [6.07, 6.45) is 9.89. The molecule has 3 aliphatic rings. The van der Waals surface area contributed by atoms with E-state index >= 15 is 0 Å². The summed E-state index contributed by atoms with van der Waals surface area (Å²) >= 11 is 1.61. The third kappa shape index (κ3) is 3.10. The molecule has 1 N–H and O–H groups in total. The molecule has 5 heteroatoms. The Morgan fingerprint density at radius 1 is 1.21 bits per heavy atom. The van der Waals surface area contributed by atoms with E-state index in [0.717, 1.165) is 49.2 Å². The van der Waals surface area contributed by atoms with Crippen molar-refractivity contribution in [2.45, 2.75) is 51.4 Å². The van der Waals surface area contributed by atoms with Gasteiger partial charge in [0, 0.05) is 11.4 Å². The molecule has 2 aliphatic carbocycles. The van der Waals surface area contributed by atoms with Crippen LogP contribution in [0.5, 0.6) is 0 Å². The summed E-state index contributed by atoms with van der Waals surface area (Å²) in [6, 6.07) is 2.30. The number of nitrogens with zero attached hydrogens (tertiary/aromatic N) is 2. The molecule has 128 valence electrons. The maximum atomic E-state index is 12.5. The van der Waals surface area contributed by atoms with E-state index in [-0.39, 0.29) is 5.91 Å². The Hall–Kier alpha value is -1.38. The molecule has 0 radical (unpaired) electrons. The molecular formula is C19H25N3OS. The van der Waals surface area contributed by atoms with Gasteiger partial charge in [0.2, 0.25) is 5.91 Å². The van der Waals surface area contributed by atoms with E-state index in [4.69, 9.17) is 0 Å². The zero-order chi connectivity index (χ0) is 16.5. The number of hydrogen-bond acceptors (Lipinski definition) is 4. The fourth-order valence-electron chi connectivity index (χ4n) is 4.80. The first-order valence-corrected chi connectivity index (χ1v) is 10.1. The lowest BCUT2D eigenvalue weighted by molar-refractivity contribution is -0.118. The lowest BCUT2D eigenvalue weighted by Gasteiger charge is -2.41. The Morgan fingerprint density at radius 2 is 2.04 bits per heavy atom. The predicted molar refractivity (Wildman–Crippen MR) is 96.2 cm³/mol. The SMILES string of the molecule is N#Cc1c(NC(=O)CN2CC[C@@H]3CCCC[C@@H]3C2)sc2c1CCC2. The number of anilines is 1. The molecule has 1 aromatic rings. The van der Waals surface area contributed by atoms with Crippen molar-refractivity contribution in [2.24, 2.45) is 11.8 Å². The zero-order valence-corrected chi connectivity index (χ0v) is 15.0. The smallest absolute Gasteiger partial charge is 0.239 e. The van der Waals surface area contributed by atoms with Crippen molar-refractivity contribution in [3.63, 3.8) is 0 Å². The average molecular weight is 343 g/mol. The summed E-state index contributed by atoms with van der Waals surface area (Å²) in [5.41, 5.74) is 1.90. The molecule has 1 amide bonds. The first-order valence-electron chi connectivity index (χ1n) is 9.31. The van der Waals surface area contributed by atoms with Crippen LogP contribution in [-0.4, -0.2) is 30.4 Å². The maximum absolute atomic E-state index is 12.5. The molecule has 1 aromatic heterocycles. The molecule has 24 heavy (non-hydrogen) atoms. The molecule has 0 bridgehead atoms. The van der Waals surface area contributed by atoms with Crippen molar-refractivity contribution in [3.05, 3.63) is 16.0 Å². The van der Waals surface area contributed by atoms with Crippen molar-refractivity contribution in [1.82, 2.24) is 4.90 Å². The highest BCUT2D eigenvalue weighted by Crippen LogP contribution is 2.39. The van der Waals surface area contributed by atoms with Crippen molar-refractivity contribution in [2.75, 3.05) is 25.0 Å². The molecule has 0 spiro atoms. The van der Waals surface area contributed by atoms with E-state index in [1.54, 1.807) is 11.3 Å². The molecular weight excluding hydrogens is 318 g/mol. The van der Waals surface area contributed by atoms with Crippen molar-refractivity contribution in [1.29, 1.82) is 5.26 Å². The van der Waals surface area contributed by atoms with Crippen molar-refractivity contribution in [3.8, 4) is 6.07 Å². The first-order chi connectivity index (χ1) is 11.7. The van der Waals surface area contributed by atoms with Crippen LogP contribution in [0.1, 0.15) is 54.5 Å². The lowest BCUT2D eigenvalue weighted by atomic mass is 9.75. The summed E-state index contributed by atoms with van der Waals surface area (Å²) < 4.78 is 0. The molecule has 1 saturated heterocycles. The second kappa shape index (κ2) is 6.85. The summed E-state index contributed by atoms with van der Waals surface area (Å²) in [4.78, 5) is 16.1. The van der Waals surface area contributed by atoms with Gasteiger partial charge >= 0.3 is 0 Å². The van der Waals surface area contributed by atoms with Crippen LogP contribution in [0.15, 0.2) is 0 Å². The number of nitriles is 1. The van der Waals surface area contributed by atoms with Gasteiger partial charge in [-0.1, -0.05) is 19.3 Å². The average Bonchev–Trinajstić information content (AvgIpc) is 3.15. The van der Waals surface area contributed by atoms with Crippen molar-refractivity contribution < 1.29 is 4.79 Å². The first kappa shape index (κ1) is 16.1. The summed E-state index contributed by atoms with van der Waals surface area (Å²) in [7, 11) is 0. The Bertz CT molecular complexity index is 675. The van der Waals surface area contributed by atoms with Gasteiger partial charge in [-0.05, 0) is 56.0 Å². The van der Waals surface area contributed by atoms with Crippen LogP contribution in [-0.2, 0) is 17.6 Å². The third-order valence-corrected chi connectivity index (χ3v) is 7.24. The number of carbonyl (C=O) groups excluding carboxylic acids is 1. The van der Waals surface area contributed by atoms with Gasteiger partial charge < -0.3 is 5.32 Å². The molecule has 0 aromatic carbocycles. The normalized spacial score (nSPS) is 26.5. The van der Waals surface area contributed by atoms with Gasteiger partial charge in [0.05, 0.1) is 12.1 Å². The van der Waals surface area contributed by atoms with Gasteiger partial charge in [-0.15, -0.1) is 11.3 Å². The minimum absolute atomic E-state index is 0.0423. The topological polar surface area (TPSA) is 56.1 Å². The van der Waals surface area contributed by atoms with Gasteiger partial charge in [-0.25, -0.2) is 0 Å². The highest BCUT2D eigenvalue weighted by Gasteiger charge is 2.32. The number of fused-ring (bicyclic) bond motifs is 2. The number of carbonyl (C=O) groups is 1. The highest BCUT2D eigenvalue weighted by molar-refractivity contribution is 7.16. The van der Waals surface area contributed by atoms with Crippen LogP contribution in [0.2, 0.25) is 0 Å². The van der Waals surface area contributed by atoms with E-state index < -0.39 is 0 Å². The maximum Gasteiger partial charge on any atom is 0.239 e. The number of rotatable bonds is 3. The molecule has 0 unspecified atom stereocenters. The Kier molecular flexibility index (Phi) is 4.60. The minimum atomic E-state index is 0.0423. The third-order valence-electron chi connectivity index (χ3n) is 6.03. The number of aryl methyl sites for hydroxylation is 1. The second-order valence-corrected chi connectivity index (χ2v) is 8.66. The van der Waals surface area contributed by atoms with Gasteiger partial charge in [-0.3, -0.25) is 9.69 Å². The van der Waals surface area contributed by atoms with E-state index in [0.29, 0.717) is 12.1 Å². The summed E-state index contributed by atoms with van der Waals surface area (Å²) in [5, 5.41) is 13.2. The number of piperidine rings is 1. The molecule has 4 rings (SSSR count). The lowest BCUT2D eigenvalue weighted by Crippen LogP contribution is -2.44. The van der Waals surface area contributed by atoms with Crippen LogP contribution in [0.4, 0.5) is 5.00 Å². The Balaban J connectivity index is 1.37. The van der Waals surface area contributed by atoms with E-state index in [9.17, 15) is 10.1 Å². The van der Waals surface area contributed by atoms with E-state index in [2.05, 4.69) is 16.3 Å². The number of thiophene rings is 1. The number of likely N-dealkylation sites (tertiary alicyclic amines) is 1. The van der Waals surface area contributed by atoms with Crippen LogP contribution < -0.4 is 5.32 Å². The summed E-state index contributed by atoms with van der Waals surface area (Å²) in [5.74, 6) is 1.73. The fraction of sp³-hybridized carbons (Fsp3) is 0.684. The van der Waals surface area contributed by atoms with Crippen LogP contribution in [0, 0.1) is 23.2 Å². The molecule has 2 heterocycles. The number of amides is 1. The standard InChI is InChI=1S/C19H25N3OS/c20-10-16-15-6-3-7-17(15)24-19(16)21-18(23)12-22-9-8-13-4-1-2-5-14(13)11-22/h13-14H,1-9,11-12H2,(H,21,23)/t13-,14+/m0/s1. The Morgan fingerprint density at radius 3 is 2.88 bits per heavy atom. The number of nitrogens with one attached hydrogen (secondary N) is 1. The van der Waals surface area contributed by atoms with Gasteiger partial charge in [0.15, 0.2) is 0 Å². The van der Waals surface area contributed by atoms with Gasteiger partial charge in [0.1, 0.15) is 11.1 Å².